The molecule has 0 aromatic rings. The predicted octanol–water partition coefficient (Wildman–Crippen LogP) is -1.45. The van der Waals surface area contributed by atoms with Crippen LogP contribution in [-0.2, 0) is 10.9 Å². The summed E-state index contributed by atoms with van der Waals surface area (Å²) in [6.07, 6.45) is 0. The van der Waals surface area contributed by atoms with Crippen LogP contribution in [0.1, 0.15) is 0 Å². The Morgan fingerprint density at radius 3 is 1.80 bits per heavy atom. The first-order valence-corrected chi connectivity index (χ1v) is 5.14. The molecule has 0 radical (unpaired) electrons. The molecule has 0 aromatic heterocycles. The van der Waals surface area contributed by atoms with Crippen molar-refractivity contribution in [2.45, 2.75) is 0 Å². The first-order chi connectivity index (χ1) is 4.85. The summed E-state index contributed by atoms with van der Waals surface area (Å²) in [5, 5.41) is 17.1. The van der Waals surface area contributed by atoms with Crippen molar-refractivity contribution in [1.29, 1.82) is 0 Å². The van der Waals surface area contributed by atoms with Gasteiger partial charge in [-0.3, -0.25) is 0 Å². The van der Waals surface area contributed by atoms with Crippen LogP contribution in [0.5, 0.6) is 0 Å². The standard InChI is InChI=1S/C6H16NO2S/c7-1-4-10(5-2-8)6-3-9/h8-9H,1-7H2/q+1. The molecule has 0 amide bonds. The quantitative estimate of drug-likeness (QED) is 0.423. The van der Waals surface area contributed by atoms with Crippen molar-refractivity contribution in [3.05, 3.63) is 0 Å². The van der Waals surface area contributed by atoms with Gasteiger partial charge in [-0.05, 0) is 10.9 Å². The number of rotatable bonds is 6. The summed E-state index contributed by atoms with van der Waals surface area (Å²) in [6.45, 7) is 1.08. The lowest BCUT2D eigenvalue weighted by atomic mass is 10.8. The molecule has 0 saturated carbocycles. The minimum absolute atomic E-state index is 0.150. The Kier molecular flexibility index (Phi) is 7.51. The van der Waals surface area contributed by atoms with E-state index >= 15 is 0 Å². The van der Waals surface area contributed by atoms with Crippen molar-refractivity contribution >= 4 is 10.9 Å². The predicted molar refractivity (Wildman–Crippen MR) is 45.2 cm³/mol. The highest BCUT2D eigenvalue weighted by molar-refractivity contribution is 7.96. The van der Waals surface area contributed by atoms with Gasteiger partial charge in [0, 0.05) is 6.54 Å². The minimum atomic E-state index is 0.150. The first kappa shape index (κ1) is 10.2. The van der Waals surface area contributed by atoms with Crippen molar-refractivity contribution in [2.75, 3.05) is 37.0 Å². The monoisotopic (exact) mass is 166 g/mol. The Morgan fingerprint density at radius 1 is 1.00 bits per heavy atom. The molecule has 0 atom stereocenters. The third-order valence-electron chi connectivity index (χ3n) is 1.17. The van der Waals surface area contributed by atoms with Crippen molar-refractivity contribution < 1.29 is 10.2 Å². The first-order valence-electron chi connectivity index (χ1n) is 3.41. The zero-order valence-electron chi connectivity index (χ0n) is 6.12. The molecule has 0 aromatic carbocycles. The minimum Gasteiger partial charge on any atom is -0.391 e. The van der Waals surface area contributed by atoms with E-state index in [9.17, 15) is 0 Å². The number of hydrogen-bond donors (Lipinski definition) is 3. The van der Waals surface area contributed by atoms with E-state index in [0.717, 1.165) is 17.3 Å². The molecular weight excluding hydrogens is 150 g/mol. The van der Waals surface area contributed by atoms with Gasteiger partial charge in [0.25, 0.3) is 0 Å². The highest BCUT2D eigenvalue weighted by Gasteiger charge is 2.14. The van der Waals surface area contributed by atoms with E-state index in [4.69, 9.17) is 15.9 Å². The SMILES string of the molecule is NCC[S+](CCO)CCO. The zero-order valence-corrected chi connectivity index (χ0v) is 6.94. The number of nitrogens with two attached hydrogens (primary N) is 1. The van der Waals surface area contributed by atoms with E-state index in [1.165, 1.54) is 0 Å². The lowest BCUT2D eigenvalue weighted by Gasteiger charge is -2.03. The highest BCUT2D eigenvalue weighted by Crippen LogP contribution is 1.93. The van der Waals surface area contributed by atoms with Gasteiger partial charge in [0.2, 0.25) is 0 Å². The Bertz CT molecular complexity index is 58.5. The van der Waals surface area contributed by atoms with Crippen LogP contribution in [0, 0.1) is 0 Å². The van der Waals surface area contributed by atoms with Gasteiger partial charge in [-0.15, -0.1) is 0 Å². The maximum atomic E-state index is 8.57. The average molecular weight is 166 g/mol. The Morgan fingerprint density at radius 2 is 1.50 bits per heavy atom. The summed E-state index contributed by atoms with van der Waals surface area (Å²) < 4.78 is 0. The van der Waals surface area contributed by atoms with Gasteiger partial charge in [0.05, 0.1) is 13.2 Å². The van der Waals surface area contributed by atoms with Crippen molar-refractivity contribution in [3.8, 4) is 0 Å². The van der Waals surface area contributed by atoms with Crippen LogP contribution in [0.2, 0.25) is 0 Å². The fourth-order valence-corrected chi connectivity index (χ4v) is 2.19. The maximum absolute atomic E-state index is 8.57. The second kappa shape index (κ2) is 7.34. The molecule has 0 aliphatic rings. The van der Waals surface area contributed by atoms with Crippen LogP contribution in [-0.4, -0.2) is 47.2 Å². The molecule has 0 rings (SSSR count). The largest absolute Gasteiger partial charge is 0.391 e. The molecule has 0 fully saturated rings. The fraction of sp³-hybridized carbons (Fsp3) is 1.00. The number of aliphatic hydroxyl groups is 2. The van der Waals surface area contributed by atoms with Gasteiger partial charge in [0.1, 0.15) is 17.3 Å². The van der Waals surface area contributed by atoms with Crippen molar-refractivity contribution in [3.63, 3.8) is 0 Å². The summed E-state index contributed by atoms with van der Waals surface area (Å²) in [5.74, 6) is 2.51. The van der Waals surface area contributed by atoms with Crippen LogP contribution in [0.25, 0.3) is 0 Å². The Labute approximate surface area is 64.6 Å². The maximum Gasteiger partial charge on any atom is 0.131 e. The number of aliphatic hydroxyl groups excluding tert-OH is 2. The third-order valence-corrected chi connectivity index (χ3v) is 3.50. The summed E-state index contributed by atoms with van der Waals surface area (Å²) in [5.41, 5.74) is 5.33. The van der Waals surface area contributed by atoms with E-state index in [2.05, 4.69) is 0 Å². The smallest absolute Gasteiger partial charge is 0.131 e. The third kappa shape index (κ3) is 5.05. The molecule has 0 aliphatic heterocycles. The van der Waals surface area contributed by atoms with Crippen molar-refractivity contribution in [1.82, 2.24) is 0 Å². The molecule has 4 N–H and O–H groups in total. The summed E-state index contributed by atoms with van der Waals surface area (Å²) >= 11 is 0. The molecule has 3 nitrogen and oxygen atoms in total. The molecule has 62 valence electrons. The van der Waals surface area contributed by atoms with Gasteiger partial charge in [-0.25, -0.2) is 0 Å². The van der Waals surface area contributed by atoms with Crippen molar-refractivity contribution in [2.24, 2.45) is 5.73 Å². The molecule has 0 unspecified atom stereocenters. The summed E-state index contributed by atoms with van der Waals surface area (Å²) in [7, 11) is 0.150. The molecule has 10 heavy (non-hydrogen) atoms. The molecule has 0 saturated heterocycles. The van der Waals surface area contributed by atoms with Crippen LogP contribution in [0.3, 0.4) is 0 Å². The van der Waals surface area contributed by atoms with E-state index in [-0.39, 0.29) is 24.1 Å². The average Bonchev–Trinajstić information content (AvgIpc) is 1.90. The van der Waals surface area contributed by atoms with Gasteiger partial charge in [-0.2, -0.15) is 0 Å². The van der Waals surface area contributed by atoms with Gasteiger partial charge in [0.15, 0.2) is 0 Å². The number of hydrogen-bond acceptors (Lipinski definition) is 3. The summed E-state index contributed by atoms with van der Waals surface area (Å²) in [4.78, 5) is 0. The lowest BCUT2D eigenvalue weighted by molar-refractivity contribution is 0.316. The van der Waals surface area contributed by atoms with Crippen LogP contribution in [0.15, 0.2) is 0 Å². The van der Waals surface area contributed by atoms with E-state index in [1.807, 2.05) is 0 Å². The lowest BCUT2D eigenvalue weighted by Crippen LogP contribution is -2.25. The Balaban J connectivity index is 3.30. The Hall–Kier alpha value is 0.230. The fourth-order valence-electron chi connectivity index (χ4n) is 0.731. The molecule has 0 heterocycles. The van der Waals surface area contributed by atoms with Gasteiger partial charge in [-0.1, -0.05) is 0 Å². The van der Waals surface area contributed by atoms with Gasteiger partial charge >= 0.3 is 0 Å². The second-order valence-corrected chi connectivity index (χ2v) is 4.41. The van der Waals surface area contributed by atoms with Crippen LogP contribution < -0.4 is 5.73 Å². The van der Waals surface area contributed by atoms with E-state index < -0.39 is 0 Å². The molecule has 4 heteroatoms. The zero-order chi connectivity index (χ0) is 7.82. The van der Waals surface area contributed by atoms with Crippen LogP contribution >= 0.6 is 0 Å². The van der Waals surface area contributed by atoms with E-state index in [0.29, 0.717) is 6.54 Å². The molecule has 0 bridgehead atoms. The topological polar surface area (TPSA) is 66.5 Å². The van der Waals surface area contributed by atoms with E-state index in [1.54, 1.807) is 0 Å². The summed E-state index contributed by atoms with van der Waals surface area (Å²) in [6, 6.07) is 0. The van der Waals surface area contributed by atoms with Gasteiger partial charge < -0.3 is 15.9 Å². The normalized spacial score (nSPS) is 10.8. The molecular formula is C6H16NO2S+. The second-order valence-electron chi connectivity index (χ2n) is 1.96. The molecule has 0 spiro atoms. The highest BCUT2D eigenvalue weighted by atomic mass is 32.2. The van der Waals surface area contributed by atoms with Crippen LogP contribution in [0.4, 0.5) is 0 Å². The molecule has 0 aliphatic carbocycles.